The zero-order valence-corrected chi connectivity index (χ0v) is 13.2. The highest BCUT2D eigenvalue weighted by Crippen LogP contribution is 2.26. The van der Waals surface area contributed by atoms with Crippen LogP contribution in [0, 0.1) is 5.92 Å². The van der Waals surface area contributed by atoms with E-state index < -0.39 is 0 Å². The lowest BCUT2D eigenvalue weighted by molar-refractivity contribution is 0.900. The SMILES string of the molecule is CCSC(=Nc1cccc(-c2ccccc2)c1)C(C)C. The number of hydrogen-bond acceptors (Lipinski definition) is 2. The Kier molecular flexibility index (Phi) is 5.42. The molecule has 0 N–H and O–H groups in total. The summed E-state index contributed by atoms with van der Waals surface area (Å²) in [6.07, 6.45) is 0. The Morgan fingerprint density at radius 3 is 2.35 bits per heavy atom. The van der Waals surface area contributed by atoms with Gasteiger partial charge in [-0.25, -0.2) is 4.99 Å². The zero-order valence-electron chi connectivity index (χ0n) is 12.3. The lowest BCUT2D eigenvalue weighted by Gasteiger charge is -2.09. The molecule has 2 aromatic rings. The van der Waals surface area contributed by atoms with Gasteiger partial charge in [0.1, 0.15) is 0 Å². The molecular formula is C18H21NS. The molecule has 20 heavy (non-hydrogen) atoms. The molecule has 0 bridgehead atoms. The van der Waals surface area contributed by atoms with Gasteiger partial charge in [-0.3, -0.25) is 0 Å². The van der Waals surface area contributed by atoms with E-state index in [0.717, 1.165) is 11.4 Å². The second kappa shape index (κ2) is 7.30. The van der Waals surface area contributed by atoms with E-state index >= 15 is 0 Å². The van der Waals surface area contributed by atoms with E-state index in [1.165, 1.54) is 16.2 Å². The second-order valence-corrected chi connectivity index (χ2v) is 6.24. The van der Waals surface area contributed by atoms with Crippen LogP contribution in [0.3, 0.4) is 0 Å². The molecule has 2 rings (SSSR count). The zero-order chi connectivity index (χ0) is 14.4. The van der Waals surface area contributed by atoms with Gasteiger partial charge < -0.3 is 0 Å². The number of hydrogen-bond donors (Lipinski definition) is 0. The number of thioether (sulfide) groups is 1. The van der Waals surface area contributed by atoms with Gasteiger partial charge in [-0.2, -0.15) is 0 Å². The number of benzene rings is 2. The molecule has 0 aliphatic carbocycles. The highest BCUT2D eigenvalue weighted by molar-refractivity contribution is 8.13. The smallest absolute Gasteiger partial charge is 0.0763 e. The fourth-order valence-electron chi connectivity index (χ4n) is 1.99. The summed E-state index contributed by atoms with van der Waals surface area (Å²) < 4.78 is 0. The largest absolute Gasteiger partial charge is 0.246 e. The van der Waals surface area contributed by atoms with Crippen LogP contribution in [-0.4, -0.2) is 10.8 Å². The molecule has 0 saturated heterocycles. The molecule has 0 aromatic heterocycles. The highest BCUT2D eigenvalue weighted by atomic mass is 32.2. The third-order valence-electron chi connectivity index (χ3n) is 2.98. The average Bonchev–Trinajstić information content (AvgIpc) is 2.48. The van der Waals surface area contributed by atoms with E-state index in [2.05, 4.69) is 69.3 Å². The van der Waals surface area contributed by atoms with E-state index in [1.54, 1.807) is 0 Å². The molecular weight excluding hydrogens is 262 g/mol. The van der Waals surface area contributed by atoms with E-state index in [-0.39, 0.29) is 0 Å². The summed E-state index contributed by atoms with van der Waals surface area (Å²) in [6.45, 7) is 6.56. The van der Waals surface area contributed by atoms with Crippen molar-refractivity contribution in [2.24, 2.45) is 10.9 Å². The summed E-state index contributed by atoms with van der Waals surface area (Å²) in [7, 11) is 0. The van der Waals surface area contributed by atoms with Crippen molar-refractivity contribution < 1.29 is 0 Å². The average molecular weight is 283 g/mol. The lowest BCUT2D eigenvalue weighted by atomic mass is 10.1. The Hall–Kier alpha value is -1.54. The van der Waals surface area contributed by atoms with Crippen LogP contribution in [0.2, 0.25) is 0 Å². The van der Waals surface area contributed by atoms with Gasteiger partial charge in [0.05, 0.1) is 10.7 Å². The van der Waals surface area contributed by atoms with Gasteiger partial charge in [0.25, 0.3) is 0 Å². The predicted octanol–water partition coefficient (Wildman–Crippen LogP) is 5.79. The van der Waals surface area contributed by atoms with Crippen molar-refractivity contribution in [1.82, 2.24) is 0 Å². The van der Waals surface area contributed by atoms with Crippen LogP contribution in [0.25, 0.3) is 11.1 Å². The van der Waals surface area contributed by atoms with Crippen LogP contribution in [-0.2, 0) is 0 Å². The molecule has 2 heteroatoms. The summed E-state index contributed by atoms with van der Waals surface area (Å²) >= 11 is 1.83. The normalized spacial score (nSPS) is 11.9. The minimum absolute atomic E-state index is 0.473. The third kappa shape index (κ3) is 3.97. The van der Waals surface area contributed by atoms with Crippen molar-refractivity contribution in [1.29, 1.82) is 0 Å². The van der Waals surface area contributed by atoms with E-state index in [9.17, 15) is 0 Å². The summed E-state index contributed by atoms with van der Waals surface area (Å²) in [5, 5.41) is 1.21. The molecule has 0 radical (unpaired) electrons. The number of aliphatic imine (C=N–C) groups is 1. The first-order valence-electron chi connectivity index (χ1n) is 7.07. The van der Waals surface area contributed by atoms with Crippen molar-refractivity contribution in [2.45, 2.75) is 20.8 Å². The van der Waals surface area contributed by atoms with Gasteiger partial charge in [0.15, 0.2) is 0 Å². The van der Waals surface area contributed by atoms with Crippen molar-refractivity contribution >= 4 is 22.5 Å². The van der Waals surface area contributed by atoms with E-state index in [1.807, 2.05) is 17.8 Å². The fraction of sp³-hybridized carbons (Fsp3) is 0.278. The maximum Gasteiger partial charge on any atom is 0.0763 e. The maximum atomic E-state index is 4.81. The van der Waals surface area contributed by atoms with E-state index in [4.69, 9.17) is 4.99 Å². The Morgan fingerprint density at radius 2 is 1.70 bits per heavy atom. The molecule has 104 valence electrons. The minimum Gasteiger partial charge on any atom is -0.246 e. The second-order valence-electron chi connectivity index (χ2n) is 4.95. The Labute approximate surface area is 126 Å². The monoisotopic (exact) mass is 283 g/mol. The molecule has 0 fully saturated rings. The molecule has 0 amide bonds. The summed E-state index contributed by atoms with van der Waals surface area (Å²) in [6, 6.07) is 18.9. The number of rotatable bonds is 4. The molecule has 0 spiro atoms. The van der Waals surface area contributed by atoms with Crippen molar-refractivity contribution in [2.75, 3.05) is 5.75 Å². The quantitative estimate of drug-likeness (QED) is 0.511. The molecule has 0 aliphatic heterocycles. The molecule has 1 nitrogen and oxygen atoms in total. The molecule has 0 heterocycles. The molecule has 0 unspecified atom stereocenters. The van der Waals surface area contributed by atoms with Crippen LogP contribution in [0.4, 0.5) is 5.69 Å². The Bertz CT molecular complexity index is 573. The first-order chi connectivity index (χ1) is 9.70. The lowest BCUT2D eigenvalue weighted by Crippen LogP contribution is -2.02. The highest BCUT2D eigenvalue weighted by Gasteiger charge is 2.05. The first-order valence-corrected chi connectivity index (χ1v) is 8.06. The van der Waals surface area contributed by atoms with Crippen molar-refractivity contribution in [3.8, 4) is 11.1 Å². The molecule has 0 aliphatic rings. The predicted molar refractivity (Wildman–Crippen MR) is 91.9 cm³/mol. The molecule has 2 aromatic carbocycles. The van der Waals surface area contributed by atoms with Gasteiger partial charge in [0.2, 0.25) is 0 Å². The summed E-state index contributed by atoms with van der Waals surface area (Å²) in [5.41, 5.74) is 3.49. The Morgan fingerprint density at radius 1 is 1.00 bits per heavy atom. The fourth-order valence-corrected chi connectivity index (χ4v) is 2.79. The molecule has 0 saturated carbocycles. The van der Waals surface area contributed by atoms with Gasteiger partial charge in [0, 0.05) is 5.92 Å². The van der Waals surface area contributed by atoms with Crippen LogP contribution < -0.4 is 0 Å². The standard InChI is InChI=1S/C18H21NS/c1-4-20-18(14(2)3)19-17-12-8-11-16(13-17)15-9-6-5-7-10-15/h5-14H,4H2,1-3H3. The molecule has 0 atom stereocenters. The first kappa shape index (κ1) is 14.9. The van der Waals surface area contributed by atoms with Crippen molar-refractivity contribution in [3.05, 3.63) is 54.6 Å². The topological polar surface area (TPSA) is 12.4 Å². The van der Waals surface area contributed by atoms with Gasteiger partial charge in [-0.1, -0.05) is 63.2 Å². The summed E-state index contributed by atoms with van der Waals surface area (Å²) in [5.74, 6) is 1.54. The summed E-state index contributed by atoms with van der Waals surface area (Å²) in [4.78, 5) is 4.81. The number of nitrogens with zero attached hydrogens (tertiary/aromatic N) is 1. The van der Waals surface area contributed by atoms with Crippen LogP contribution in [0.1, 0.15) is 20.8 Å². The maximum absolute atomic E-state index is 4.81. The van der Waals surface area contributed by atoms with Gasteiger partial charge in [-0.05, 0) is 29.0 Å². The van der Waals surface area contributed by atoms with Crippen LogP contribution in [0.5, 0.6) is 0 Å². The Balaban J connectivity index is 2.32. The minimum atomic E-state index is 0.473. The van der Waals surface area contributed by atoms with Crippen molar-refractivity contribution in [3.63, 3.8) is 0 Å². The van der Waals surface area contributed by atoms with E-state index in [0.29, 0.717) is 5.92 Å². The van der Waals surface area contributed by atoms with Gasteiger partial charge in [-0.15, -0.1) is 11.8 Å². The van der Waals surface area contributed by atoms with Gasteiger partial charge >= 0.3 is 0 Å². The van der Waals surface area contributed by atoms with Crippen LogP contribution >= 0.6 is 11.8 Å². The van der Waals surface area contributed by atoms with Crippen LogP contribution in [0.15, 0.2) is 59.6 Å². The third-order valence-corrected chi connectivity index (χ3v) is 4.13.